The Hall–Kier alpha value is -3.37. The Kier molecular flexibility index (Phi) is 11.8. The largest absolute Gasteiger partial charge is 0.492 e. The van der Waals surface area contributed by atoms with E-state index < -0.39 is 5.60 Å². The number of amides is 1. The lowest BCUT2D eigenvalue weighted by molar-refractivity contribution is 0.0137. The second-order valence-electron chi connectivity index (χ2n) is 9.80. The van der Waals surface area contributed by atoms with Crippen LogP contribution < -0.4 is 16.2 Å². The van der Waals surface area contributed by atoms with Gasteiger partial charge < -0.3 is 25.8 Å². The fourth-order valence-electron chi connectivity index (χ4n) is 3.41. The zero-order chi connectivity index (χ0) is 30.0. The van der Waals surface area contributed by atoms with Crippen molar-refractivity contribution in [1.29, 1.82) is 0 Å². The summed E-state index contributed by atoms with van der Waals surface area (Å²) in [7, 11) is 0. The van der Waals surface area contributed by atoms with Gasteiger partial charge in [0.1, 0.15) is 18.0 Å². The van der Waals surface area contributed by atoms with Gasteiger partial charge in [-0.25, -0.2) is 4.79 Å². The predicted molar refractivity (Wildman–Crippen MR) is 163 cm³/mol. The highest BCUT2D eigenvalue weighted by molar-refractivity contribution is 9.10. The van der Waals surface area contributed by atoms with Crippen LogP contribution in [0.4, 0.5) is 16.4 Å². The van der Waals surface area contributed by atoms with Crippen molar-refractivity contribution < 1.29 is 14.3 Å². The summed E-state index contributed by atoms with van der Waals surface area (Å²) in [5.74, 6) is 7.33. The summed E-state index contributed by atoms with van der Waals surface area (Å²) in [5, 5.41) is 15.0. The van der Waals surface area contributed by atoms with E-state index in [1.807, 2.05) is 45.0 Å². The molecule has 1 saturated heterocycles. The first kappa shape index (κ1) is 32.1. The van der Waals surface area contributed by atoms with E-state index in [1.165, 1.54) is 0 Å². The molecule has 0 unspecified atom stereocenters. The molecule has 1 aliphatic rings. The SMILES string of the molecule is CC(C)(C)OC(=O)N1CCN(CCOc2cccc(C#Cc3cc(Cl)nnc3N)c2)CC1.Nc1nnc(Cl)cc1Br. The summed E-state index contributed by atoms with van der Waals surface area (Å²) in [5.41, 5.74) is 11.9. The average Bonchev–Trinajstić information content (AvgIpc) is 2.91. The lowest BCUT2D eigenvalue weighted by Gasteiger charge is -2.35. The lowest BCUT2D eigenvalue weighted by Crippen LogP contribution is -2.50. The molecule has 4 N–H and O–H groups in total. The smallest absolute Gasteiger partial charge is 0.410 e. The minimum Gasteiger partial charge on any atom is -0.492 e. The van der Waals surface area contributed by atoms with E-state index in [0.29, 0.717) is 40.7 Å². The van der Waals surface area contributed by atoms with Gasteiger partial charge in [0.25, 0.3) is 0 Å². The summed E-state index contributed by atoms with van der Waals surface area (Å²) in [6.07, 6.45) is -0.252. The molecule has 218 valence electrons. The molecular formula is C27H31BrCl2N8O3. The molecule has 0 saturated carbocycles. The number of hydrogen-bond donors (Lipinski definition) is 2. The van der Waals surface area contributed by atoms with E-state index in [-0.39, 0.29) is 17.1 Å². The van der Waals surface area contributed by atoms with Crippen LogP contribution in [0.15, 0.2) is 40.9 Å². The second kappa shape index (κ2) is 15.0. The topological polar surface area (TPSA) is 146 Å². The molecule has 1 aromatic carbocycles. The van der Waals surface area contributed by atoms with Gasteiger partial charge in [0, 0.05) is 38.3 Å². The minimum atomic E-state index is -0.476. The summed E-state index contributed by atoms with van der Waals surface area (Å²) in [4.78, 5) is 16.2. The number of piperazine rings is 1. The van der Waals surface area contributed by atoms with Gasteiger partial charge in [0.2, 0.25) is 0 Å². The number of hydrogen-bond acceptors (Lipinski definition) is 10. The summed E-state index contributed by atoms with van der Waals surface area (Å²) >= 11 is 14.4. The molecule has 2 aromatic heterocycles. The second-order valence-corrected chi connectivity index (χ2v) is 11.4. The maximum Gasteiger partial charge on any atom is 0.410 e. The number of anilines is 2. The molecular weight excluding hydrogens is 635 g/mol. The van der Waals surface area contributed by atoms with Gasteiger partial charge in [0.15, 0.2) is 21.9 Å². The standard InChI is InChI=1S/C23H28ClN5O3.C4H3BrClN3/c1-23(2,3)32-22(30)29-11-9-28(10-12-29)13-14-31-19-6-4-5-17(15-19)7-8-18-16-20(24)26-27-21(18)25;5-2-1-3(6)8-9-4(2)7/h4-6,15-16H,9-14H2,1-3H3,(H2,25,27);1H,(H2,7,9). The molecule has 14 heteroatoms. The van der Waals surface area contributed by atoms with Gasteiger partial charge in [0.05, 0.1) is 10.0 Å². The highest BCUT2D eigenvalue weighted by Gasteiger charge is 2.25. The number of rotatable bonds is 4. The maximum absolute atomic E-state index is 12.2. The van der Waals surface area contributed by atoms with Crippen molar-refractivity contribution in [3.8, 4) is 17.6 Å². The number of nitrogen functional groups attached to an aromatic ring is 2. The number of nitrogens with two attached hydrogens (primary N) is 2. The van der Waals surface area contributed by atoms with Gasteiger partial charge in [-0.05, 0) is 67.0 Å². The van der Waals surface area contributed by atoms with Crippen LogP contribution in [-0.2, 0) is 4.74 Å². The van der Waals surface area contributed by atoms with E-state index >= 15 is 0 Å². The number of carbonyl (C=O) groups is 1. The van der Waals surface area contributed by atoms with E-state index in [0.717, 1.165) is 30.9 Å². The van der Waals surface area contributed by atoms with Crippen molar-refractivity contribution in [2.75, 3.05) is 50.8 Å². The highest BCUT2D eigenvalue weighted by Crippen LogP contribution is 2.18. The van der Waals surface area contributed by atoms with Crippen LogP contribution in [0.5, 0.6) is 5.75 Å². The molecule has 1 amide bonds. The monoisotopic (exact) mass is 664 g/mol. The summed E-state index contributed by atoms with van der Waals surface area (Å²) < 4.78 is 12.0. The first-order chi connectivity index (χ1) is 19.4. The average molecular weight is 666 g/mol. The molecule has 11 nitrogen and oxygen atoms in total. The van der Waals surface area contributed by atoms with Crippen LogP contribution in [0.25, 0.3) is 0 Å². The van der Waals surface area contributed by atoms with Gasteiger partial charge in [-0.2, -0.15) is 0 Å². The Morgan fingerprint density at radius 2 is 1.63 bits per heavy atom. The Labute approximate surface area is 257 Å². The van der Waals surface area contributed by atoms with Crippen molar-refractivity contribution in [2.45, 2.75) is 26.4 Å². The van der Waals surface area contributed by atoms with Crippen molar-refractivity contribution in [1.82, 2.24) is 30.2 Å². The van der Waals surface area contributed by atoms with Gasteiger partial charge in [-0.3, -0.25) is 4.90 Å². The van der Waals surface area contributed by atoms with E-state index in [1.54, 1.807) is 17.0 Å². The summed E-state index contributed by atoms with van der Waals surface area (Å²) in [6.45, 7) is 9.82. The third-order valence-electron chi connectivity index (χ3n) is 5.41. The molecule has 4 rings (SSSR count). The lowest BCUT2D eigenvalue weighted by atomic mass is 10.2. The van der Waals surface area contributed by atoms with Gasteiger partial charge in [-0.1, -0.05) is 41.1 Å². The minimum absolute atomic E-state index is 0.237. The maximum atomic E-state index is 12.2. The van der Waals surface area contributed by atoms with E-state index in [9.17, 15) is 4.79 Å². The zero-order valence-electron chi connectivity index (χ0n) is 22.9. The number of halogens is 3. The fourth-order valence-corrected chi connectivity index (χ4v) is 4.13. The Morgan fingerprint density at radius 1 is 0.976 bits per heavy atom. The quantitative estimate of drug-likeness (QED) is 0.382. The molecule has 0 bridgehead atoms. The van der Waals surface area contributed by atoms with Gasteiger partial charge in [-0.15, -0.1) is 20.4 Å². The van der Waals surface area contributed by atoms with Crippen LogP contribution in [0.1, 0.15) is 31.9 Å². The molecule has 0 radical (unpaired) electrons. The zero-order valence-corrected chi connectivity index (χ0v) is 26.0. The fraction of sp³-hybridized carbons (Fsp3) is 0.370. The first-order valence-electron chi connectivity index (χ1n) is 12.6. The molecule has 1 aliphatic heterocycles. The third-order valence-corrected chi connectivity index (χ3v) is 6.42. The molecule has 0 aliphatic carbocycles. The number of aromatic nitrogens is 4. The van der Waals surface area contributed by atoms with Crippen LogP contribution in [0.2, 0.25) is 10.3 Å². The van der Waals surface area contributed by atoms with E-state index in [2.05, 4.69) is 53.1 Å². The molecule has 3 aromatic rings. The molecule has 41 heavy (non-hydrogen) atoms. The number of carbonyl (C=O) groups excluding carboxylic acids is 1. The third kappa shape index (κ3) is 11.2. The molecule has 1 fully saturated rings. The number of nitrogens with zero attached hydrogens (tertiary/aromatic N) is 6. The van der Waals surface area contributed by atoms with Crippen molar-refractivity contribution in [2.24, 2.45) is 0 Å². The normalized spacial score (nSPS) is 13.4. The first-order valence-corrected chi connectivity index (χ1v) is 14.1. The van der Waals surface area contributed by atoms with Crippen LogP contribution >= 0.6 is 39.1 Å². The van der Waals surface area contributed by atoms with Crippen molar-refractivity contribution in [3.05, 3.63) is 62.3 Å². The Balaban J connectivity index is 0.000000436. The molecule has 3 heterocycles. The predicted octanol–water partition coefficient (Wildman–Crippen LogP) is 4.52. The number of benzene rings is 1. The van der Waals surface area contributed by atoms with Crippen LogP contribution in [0.3, 0.4) is 0 Å². The van der Waals surface area contributed by atoms with E-state index in [4.69, 9.17) is 44.1 Å². The molecule has 0 spiro atoms. The highest BCUT2D eigenvalue weighted by atomic mass is 79.9. The summed E-state index contributed by atoms with van der Waals surface area (Å²) in [6, 6.07) is 10.7. The van der Waals surface area contributed by atoms with Crippen molar-refractivity contribution >= 4 is 56.9 Å². The van der Waals surface area contributed by atoms with Gasteiger partial charge >= 0.3 is 6.09 Å². The Bertz CT molecular complexity index is 1400. The Morgan fingerprint density at radius 3 is 2.27 bits per heavy atom. The number of ether oxygens (including phenoxy) is 2. The van der Waals surface area contributed by atoms with Crippen molar-refractivity contribution in [3.63, 3.8) is 0 Å². The molecule has 0 atom stereocenters. The van der Waals surface area contributed by atoms with Crippen LogP contribution in [0, 0.1) is 11.8 Å². The van der Waals surface area contributed by atoms with Crippen LogP contribution in [-0.4, -0.2) is 81.2 Å².